The summed E-state index contributed by atoms with van der Waals surface area (Å²) < 4.78 is 0. The van der Waals surface area contributed by atoms with Crippen LogP contribution in [0.5, 0.6) is 0 Å². The van der Waals surface area contributed by atoms with Crippen molar-refractivity contribution in [2.75, 3.05) is 25.1 Å². The third-order valence-corrected chi connectivity index (χ3v) is 2.55. The number of rotatable bonds is 3. The van der Waals surface area contributed by atoms with Crippen LogP contribution in [0.2, 0.25) is 0 Å². The Morgan fingerprint density at radius 3 is 2.92 bits per heavy atom. The molecular formula is C8H14N2O2S. The molecule has 0 bridgehead atoms. The van der Waals surface area contributed by atoms with Crippen LogP contribution in [0.1, 0.15) is 6.92 Å². The largest absolute Gasteiger partial charge is 0.343 e. The standard InChI is InChI=1S/C8H14N2O2S/c1-6-8(12)10(3-4-13-2)5-7(11)9-6/h6H,3-5H2,1-2H3,(H,9,11). The van der Waals surface area contributed by atoms with Crippen LogP contribution in [0.4, 0.5) is 0 Å². The lowest BCUT2D eigenvalue weighted by Gasteiger charge is -2.30. The van der Waals surface area contributed by atoms with Gasteiger partial charge >= 0.3 is 0 Å². The molecule has 1 rings (SSSR count). The summed E-state index contributed by atoms with van der Waals surface area (Å²) in [4.78, 5) is 24.2. The summed E-state index contributed by atoms with van der Waals surface area (Å²) in [7, 11) is 0. The molecule has 5 heteroatoms. The number of hydrogen-bond donors (Lipinski definition) is 1. The van der Waals surface area contributed by atoms with Crippen LogP contribution in [0.15, 0.2) is 0 Å². The minimum atomic E-state index is -0.358. The first-order valence-corrected chi connectivity index (χ1v) is 5.61. The Kier molecular flexibility index (Phi) is 3.59. The summed E-state index contributed by atoms with van der Waals surface area (Å²) in [6, 6.07) is -0.358. The van der Waals surface area contributed by atoms with Gasteiger partial charge in [0, 0.05) is 12.3 Å². The highest BCUT2D eigenvalue weighted by molar-refractivity contribution is 7.98. The number of hydrogen-bond acceptors (Lipinski definition) is 3. The fourth-order valence-electron chi connectivity index (χ4n) is 1.26. The van der Waals surface area contributed by atoms with Crippen LogP contribution in [-0.2, 0) is 9.59 Å². The van der Waals surface area contributed by atoms with E-state index in [2.05, 4.69) is 5.32 Å². The summed E-state index contributed by atoms with van der Waals surface area (Å²) in [6.07, 6.45) is 1.98. The molecule has 1 aliphatic rings. The number of amides is 2. The van der Waals surface area contributed by atoms with Crippen LogP contribution in [0.3, 0.4) is 0 Å². The van der Waals surface area contributed by atoms with Crippen molar-refractivity contribution >= 4 is 23.6 Å². The van der Waals surface area contributed by atoms with Crippen molar-refractivity contribution in [3.05, 3.63) is 0 Å². The van der Waals surface area contributed by atoms with E-state index in [4.69, 9.17) is 0 Å². The van der Waals surface area contributed by atoms with Gasteiger partial charge in [-0.05, 0) is 13.2 Å². The molecule has 0 aromatic carbocycles. The van der Waals surface area contributed by atoms with Crippen molar-refractivity contribution in [2.24, 2.45) is 0 Å². The topological polar surface area (TPSA) is 49.4 Å². The summed E-state index contributed by atoms with van der Waals surface area (Å²) in [5.74, 6) is 0.841. The molecule has 0 aromatic rings. The molecule has 1 unspecified atom stereocenters. The van der Waals surface area contributed by atoms with E-state index in [0.29, 0.717) is 6.54 Å². The average molecular weight is 202 g/mol. The van der Waals surface area contributed by atoms with Crippen molar-refractivity contribution in [1.29, 1.82) is 0 Å². The molecule has 0 radical (unpaired) electrons. The Labute approximate surface area is 82.0 Å². The van der Waals surface area contributed by atoms with Gasteiger partial charge in [-0.1, -0.05) is 0 Å². The third kappa shape index (κ3) is 2.62. The Morgan fingerprint density at radius 2 is 2.31 bits per heavy atom. The summed E-state index contributed by atoms with van der Waals surface area (Å²) in [5, 5.41) is 2.60. The van der Waals surface area contributed by atoms with Gasteiger partial charge in [-0.3, -0.25) is 9.59 Å². The van der Waals surface area contributed by atoms with Gasteiger partial charge in [0.2, 0.25) is 11.8 Å². The van der Waals surface area contributed by atoms with Gasteiger partial charge in [0.15, 0.2) is 0 Å². The van der Waals surface area contributed by atoms with Crippen LogP contribution in [0.25, 0.3) is 0 Å². The lowest BCUT2D eigenvalue weighted by Crippen LogP contribution is -2.57. The van der Waals surface area contributed by atoms with E-state index < -0.39 is 0 Å². The molecule has 1 fully saturated rings. The van der Waals surface area contributed by atoms with Crippen molar-refractivity contribution in [3.63, 3.8) is 0 Å². The SMILES string of the molecule is CSCCN1CC(=O)NC(C)C1=O. The van der Waals surface area contributed by atoms with Gasteiger partial charge < -0.3 is 10.2 Å². The zero-order valence-corrected chi connectivity index (χ0v) is 8.69. The van der Waals surface area contributed by atoms with Gasteiger partial charge in [0.05, 0.1) is 6.54 Å². The molecule has 1 N–H and O–H groups in total. The summed E-state index contributed by atoms with van der Waals surface area (Å²) in [6.45, 7) is 2.59. The Balaban J connectivity index is 2.51. The minimum Gasteiger partial charge on any atom is -0.343 e. The van der Waals surface area contributed by atoms with Gasteiger partial charge in [-0.15, -0.1) is 0 Å². The van der Waals surface area contributed by atoms with Gasteiger partial charge in [0.1, 0.15) is 6.04 Å². The van der Waals surface area contributed by atoms with E-state index in [0.717, 1.165) is 5.75 Å². The van der Waals surface area contributed by atoms with E-state index in [-0.39, 0.29) is 24.4 Å². The van der Waals surface area contributed by atoms with E-state index >= 15 is 0 Å². The fraction of sp³-hybridized carbons (Fsp3) is 0.750. The third-order valence-electron chi connectivity index (χ3n) is 1.96. The number of carbonyl (C=O) groups is 2. The van der Waals surface area contributed by atoms with Gasteiger partial charge in [-0.25, -0.2) is 0 Å². The predicted molar refractivity (Wildman–Crippen MR) is 52.6 cm³/mol. The maximum atomic E-state index is 11.5. The highest BCUT2D eigenvalue weighted by Gasteiger charge is 2.28. The maximum absolute atomic E-state index is 11.5. The fourth-order valence-corrected chi connectivity index (χ4v) is 1.67. The van der Waals surface area contributed by atoms with Crippen molar-refractivity contribution in [2.45, 2.75) is 13.0 Å². The number of nitrogens with one attached hydrogen (secondary N) is 1. The van der Waals surface area contributed by atoms with Gasteiger partial charge in [0.25, 0.3) is 0 Å². The van der Waals surface area contributed by atoms with E-state index in [1.165, 1.54) is 0 Å². The molecule has 0 spiro atoms. The minimum absolute atomic E-state index is 0.0219. The van der Waals surface area contributed by atoms with Crippen molar-refractivity contribution in [1.82, 2.24) is 10.2 Å². The highest BCUT2D eigenvalue weighted by Crippen LogP contribution is 2.03. The molecule has 0 saturated carbocycles. The monoisotopic (exact) mass is 202 g/mol. The second-order valence-electron chi connectivity index (χ2n) is 3.04. The molecule has 4 nitrogen and oxygen atoms in total. The summed E-state index contributed by atoms with van der Waals surface area (Å²) in [5.41, 5.74) is 0. The van der Waals surface area contributed by atoms with Crippen LogP contribution < -0.4 is 5.32 Å². The quantitative estimate of drug-likeness (QED) is 0.683. The Bertz CT molecular complexity index is 220. The number of nitrogens with zero attached hydrogens (tertiary/aromatic N) is 1. The highest BCUT2D eigenvalue weighted by atomic mass is 32.2. The van der Waals surface area contributed by atoms with Crippen molar-refractivity contribution < 1.29 is 9.59 Å². The van der Waals surface area contributed by atoms with Crippen LogP contribution in [0, 0.1) is 0 Å². The molecule has 1 atom stereocenters. The predicted octanol–water partition coefficient (Wildman–Crippen LogP) is -0.304. The molecule has 1 aliphatic heterocycles. The first-order valence-electron chi connectivity index (χ1n) is 4.22. The molecule has 0 aromatic heterocycles. The van der Waals surface area contributed by atoms with Crippen LogP contribution >= 0.6 is 11.8 Å². The first kappa shape index (κ1) is 10.4. The lowest BCUT2D eigenvalue weighted by atomic mass is 10.2. The number of thioether (sulfide) groups is 1. The molecule has 74 valence electrons. The molecule has 1 heterocycles. The lowest BCUT2D eigenvalue weighted by molar-refractivity contribution is -0.143. The molecule has 0 aliphatic carbocycles. The van der Waals surface area contributed by atoms with E-state index in [9.17, 15) is 9.59 Å². The number of piperazine rings is 1. The van der Waals surface area contributed by atoms with Gasteiger partial charge in [-0.2, -0.15) is 11.8 Å². The first-order chi connectivity index (χ1) is 6.15. The smallest absolute Gasteiger partial charge is 0.245 e. The maximum Gasteiger partial charge on any atom is 0.245 e. The van der Waals surface area contributed by atoms with E-state index in [1.807, 2.05) is 6.26 Å². The molecule has 13 heavy (non-hydrogen) atoms. The summed E-state index contributed by atoms with van der Waals surface area (Å²) >= 11 is 1.67. The normalized spacial score (nSPS) is 23.2. The molecule has 1 saturated heterocycles. The second-order valence-corrected chi connectivity index (χ2v) is 4.03. The molecule has 2 amide bonds. The molecular weight excluding hydrogens is 188 g/mol. The van der Waals surface area contributed by atoms with E-state index in [1.54, 1.807) is 23.6 Å². The van der Waals surface area contributed by atoms with Crippen LogP contribution in [-0.4, -0.2) is 47.9 Å². The zero-order chi connectivity index (χ0) is 9.84. The van der Waals surface area contributed by atoms with Crippen molar-refractivity contribution in [3.8, 4) is 0 Å². The average Bonchev–Trinajstić information content (AvgIpc) is 2.09. The Hall–Kier alpha value is -0.710. The second kappa shape index (κ2) is 4.50. The Morgan fingerprint density at radius 1 is 1.62 bits per heavy atom. The number of carbonyl (C=O) groups excluding carboxylic acids is 2. The zero-order valence-electron chi connectivity index (χ0n) is 7.87.